The van der Waals surface area contributed by atoms with Crippen LogP contribution in [0.25, 0.3) is 0 Å². The van der Waals surface area contributed by atoms with Crippen molar-refractivity contribution in [1.82, 2.24) is 14.1 Å². The van der Waals surface area contributed by atoms with Gasteiger partial charge in [-0.1, -0.05) is 32.4 Å². The average Bonchev–Trinajstić information content (AvgIpc) is 3.11. The maximum absolute atomic E-state index is 13.5. The molecule has 0 aromatic heterocycles. The van der Waals surface area contributed by atoms with Crippen molar-refractivity contribution in [3.8, 4) is 0 Å². The number of likely N-dealkylation sites (N-methyl/N-ethyl adjacent to an activating group) is 1. The number of piperazine rings is 1. The molecule has 2 saturated heterocycles. The van der Waals surface area contributed by atoms with Crippen LogP contribution < -0.4 is 0 Å². The zero-order valence-electron chi connectivity index (χ0n) is 18.8. The number of amides is 1. The standard InChI is InChI=1S/C21H32ClN3O5S2/c1-4-23-8-10-24(11-9-23)32(29,30)18-5-6-20(22)19(13-18)21(26)25(14-16(2)3)17-7-12-31(27,28)15-17/h5-6,13,16-17H,4,7-12,14-15H2,1-3H3/t17-/m1/s1. The molecule has 0 aliphatic carbocycles. The number of carbonyl (C=O) groups is 1. The summed E-state index contributed by atoms with van der Waals surface area (Å²) in [5, 5.41) is 0.152. The fourth-order valence-corrected chi connectivity index (χ4v) is 7.61. The SMILES string of the molecule is CCN1CCN(S(=O)(=O)c2ccc(Cl)c(C(=O)N(CC(C)C)[C@@H]3CCS(=O)(=O)C3)c2)CC1. The number of sulfonamides is 1. The van der Waals surface area contributed by atoms with E-state index in [1.54, 1.807) is 4.90 Å². The number of rotatable bonds is 7. The van der Waals surface area contributed by atoms with Gasteiger partial charge < -0.3 is 9.80 Å². The maximum atomic E-state index is 13.5. The number of hydrogen-bond acceptors (Lipinski definition) is 6. The lowest BCUT2D eigenvalue weighted by Crippen LogP contribution is -2.48. The lowest BCUT2D eigenvalue weighted by atomic mass is 10.1. The van der Waals surface area contributed by atoms with Gasteiger partial charge >= 0.3 is 0 Å². The molecule has 0 bridgehead atoms. The summed E-state index contributed by atoms with van der Waals surface area (Å²) >= 11 is 6.33. The molecule has 1 atom stereocenters. The van der Waals surface area contributed by atoms with Crippen molar-refractivity contribution in [2.75, 3.05) is 50.8 Å². The van der Waals surface area contributed by atoms with E-state index < -0.39 is 31.8 Å². The highest BCUT2D eigenvalue weighted by Gasteiger charge is 2.36. The van der Waals surface area contributed by atoms with Gasteiger partial charge in [-0.15, -0.1) is 0 Å². The number of nitrogens with zero attached hydrogens (tertiary/aromatic N) is 3. The van der Waals surface area contributed by atoms with E-state index in [0.29, 0.717) is 39.1 Å². The van der Waals surface area contributed by atoms with E-state index >= 15 is 0 Å². The minimum Gasteiger partial charge on any atom is -0.334 e. The second kappa shape index (κ2) is 9.97. The smallest absolute Gasteiger partial charge is 0.255 e. The van der Waals surface area contributed by atoms with Gasteiger partial charge in [0.25, 0.3) is 5.91 Å². The molecule has 8 nitrogen and oxygen atoms in total. The molecule has 3 rings (SSSR count). The van der Waals surface area contributed by atoms with E-state index in [9.17, 15) is 21.6 Å². The molecule has 0 unspecified atom stereocenters. The van der Waals surface area contributed by atoms with Gasteiger partial charge in [0.05, 0.1) is 27.0 Å². The fraction of sp³-hybridized carbons (Fsp3) is 0.667. The van der Waals surface area contributed by atoms with Crippen molar-refractivity contribution in [1.29, 1.82) is 0 Å². The van der Waals surface area contributed by atoms with E-state index in [1.807, 2.05) is 20.8 Å². The van der Waals surface area contributed by atoms with Crippen LogP contribution in [0.4, 0.5) is 0 Å². The zero-order valence-corrected chi connectivity index (χ0v) is 21.2. The Hall–Kier alpha value is -1.20. The van der Waals surface area contributed by atoms with Gasteiger partial charge in [0.1, 0.15) is 0 Å². The third-order valence-electron chi connectivity index (χ3n) is 6.06. The van der Waals surface area contributed by atoms with E-state index in [4.69, 9.17) is 11.6 Å². The van der Waals surface area contributed by atoms with Crippen LogP contribution in [0, 0.1) is 5.92 Å². The van der Waals surface area contributed by atoms with Crippen LogP contribution in [0.1, 0.15) is 37.6 Å². The Morgan fingerprint density at radius 3 is 2.41 bits per heavy atom. The summed E-state index contributed by atoms with van der Waals surface area (Å²) in [7, 11) is -6.96. The molecule has 180 valence electrons. The molecule has 1 amide bonds. The molecule has 1 aromatic carbocycles. The van der Waals surface area contributed by atoms with Crippen LogP contribution in [0.2, 0.25) is 5.02 Å². The number of sulfone groups is 1. The molecule has 2 fully saturated rings. The van der Waals surface area contributed by atoms with Gasteiger partial charge in [0.15, 0.2) is 9.84 Å². The van der Waals surface area contributed by atoms with Crippen LogP contribution in [0.3, 0.4) is 0 Å². The Kier molecular flexibility index (Phi) is 7.92. The number of carbonyl (C=O) groups excluding carboxylic acids is 1. The van der Waals surface area contributed by atoms with E-state index in [1.165, 1.54) is 22.5 Å². The minimum absolute atomic E-state index is 0.0266. The van der Waals surface area contributed by atoms with Crippen molar-refractivity contribution >= 4 is 37.4 Å². The molecule has 2 aliphatic rings. The third-order valence-corrected chi connectivity index (χ3v) is 10.0. The fourth-order valence-electron chi connectivity index (χ4n) is 4.23. The molecular formula is C21H32ClN3O5S2. The summed E-state index contributed by atoms with van der Waals surface area (Å²) in [5.41, 5.74) is 0.0879. The molecule has 2 aliphatic heterocycles. The minimum atomic E-state index is -3.77. The molecule has 0 saturated carbocycles. The first-order chi connectivity index (χ1) is 14.9. The molecule has 0 N–H and O–H groups in total. The summed E-state index contributed by atoms with van der Waals surface area (Å²) in [6, 6.07) is 3.76. The van der Waals surface area contributed by atoms with Crippen LogP contribution in [0.15, 0.2) is 23.1 Å². The molecule has 2 heterocycles. The third kappa shape index (κ3) is 5.64. The largest absolute Gasteiger partial charge is 0.334 e. The van der Waals surface area contributed by atoms with Gasteiger partial charge in [0, 0.05) is 38.8 Å². The first-order valence-corrected chi connectivity index (χ1v) is 14.6. The molecule has 0 spiro atoms. The van der Waals surface area contributed by atoms with Crippen molar-refractivity contribution < 1.29 is 21.6 Å². The Labute approximate surface area is 196 Å². The first kappa shape index (κ1) is 25.4. The van der Waals surface area contributed by atoms with Gasteiger partial charge in [-0.3, -0.25) is 4.79 Å². The van der Waals surface area contributed by atoms with Gasteiger partial charge in [-0.2, -0.15) is 4.31 Å². The highest BCUT2D eigenvalue weighted by molar-refractivity contribution is 7.91. The highest BCUT2D eigenvalue weighted by Crippen LogP contribution is 2.28. The van der Waals surface area contributed by atoms with E-state index in [0.717, 1.165) is 6.54 Å². The van der Waals surface area contributed by atoms with Crippen molar-refractivity contribution in [3.05, 3.63) is 28.8 Å². The topological polar surface area (TPSA) is 95.1 Å². The van der Waals surface area contributed by atoms with Crippen LogP contribution in [-0.4, -0.2) is 93.7 Å². The second-order valence-corrected chi connectivity index (χ2v) is 13.5. The van der Waals surface area contributed by atoms with Crippen LogP contribution in [-0.2, 0) is 19.9 Å². The van der Waals surface area contributed by atoms with Crippen molar-refractivity contribution in [3.63, 3.8) is 0 Å². The Balaban J connectivity index is 1.90. The normalized spacial score (nSPS) is 22.3. The second-order valence-electron chi connectivity index (χ2n) is 8.89. The average molecular weight is 506 g/mol. The molecule has 32 heavy (non-hydrogen) atoms. The predicted molar refractivity (Wildman–Crippen MR) is 125 cm³/mol. The zero-order chi connectivity index (χ0) is 23.7. The summed E-state index contributed by atoms with van der Waals surface area (Å²) in [5.74, 6) is -0.352. The molecule has 0 radical (unpaired) electrons. The molecule has 1 aromatic rings. The Morgan fingerprint density at radius 2 is 1.88 bits per heavy atom. The maximum Gasteiger partial charge on any atom is 0.255 e. The van der Waals surface area contributed by atoms with Gasteiger partial charge in [0.2, 0.25) is 10.0 Å². The van der Waals surface area contributed by atoms with Gasteiger partial charge in [-0.05, 0) is 37.1 Å². The lowest BCUT2D eigenvalue weighted by Gasteiger charge is -2.33. The quantitative estimate of drug-likeness (QED) is 0.562. The van der Waals surface area contributed by atoms with E-state index in [2.05, 4.69) is 4.90 Å². The monoisotopic (exact) mass is 505 g/mol. The highest BCUT2D eigenvalue weighted by atomic mass is 35.5. The van der Waals surface area contributed by atoms with Crippen LogP contribution >= 0.6 is 11.6 Å². The number of benzene rings is 1. The summed E-state index contributed by atoms with van der Waals surface area (Å²) in [4.78, 5) is 17.2. The van der Waals surface area contributed by atoms with E-state index in [-0.39, 0.29) is 32.9 Å². The number of halogens is 1. The Bertz CT molecular complexity index is 1050. The lowest BCUT2D eigenvalue weighted by molar-refractivity contribution is 0.0672. The van der Waals surface area contributed by atoms with Gasteiger partial charge in [-0.25, -0.2) is 16.8 Å². The number of hydrogen-bond donors (Lipinski definition) is 0. The Morgan fingerprint density at radius 1 is 1.22 bits per heavy atom. The van der Waals surface area contributed by atoms with Crippen LogP contribution in [0.5, 0.6) is 0 Å². The summed E-state index contributed by atoms with van der Waals surface area (Å²) in [6.07, 6.45) is 0.373. The molecule has 11 heteroatoms. The van der Waals surface area contributed by atoms with Crippen molar-refractivity contribution in [2.45, 2.75) is 38.1 Å². The predicted octanol–water partition coefficient (Wildman–Crippen LogP) is 1.95. The summed E-state index contributed by atoms with van der Waals surface area (Å²) in [6.45, 7) is 9.27. The molecular weight excluding hydrogens is 474 g/mol. The first-order valence-electron chi connectivity index (χ1n) is 11.0. The summed E-state index contributed by atoms with van der Waals surface area (Å²) < 4.78 is 51.9. The van der Waals surface area contributed by atoms with Crippen molar-refractivity contribution in [2.24, 2.45) is 5.92 Å².